The number of aryl methyl sites for hydroxylation is 2. The third-order valence-corrected chi connectivity index (χ3v) is 6.90. The maximum absolute atomic E-state index is 12.4. The minimum Gasteiger partial charge on any atom is -0.326 e. The minimum atomic E-state index is -3.68. The van der Waals surface area contributed by atoms with Crippen LogP contribution < -0.4 is 15.4 Å². The Labute approximate surface area is 191 Å². The van der Waals surface area contributed by atoms with Crippen LogP contribution >= 0.6 is 11.3 Å². The highest BCUT2D eigenvalue weighted by atomic mass is 32.2. The van der Waals surface area contributed by atoms with E-state index < -0.39 is 10.0 Å². The van der Waals surface area contributed by atoms with Gasteiger partial charge in [0.1, 0.15) is 0 Å². The van der Waals surface area contributed by atoms with Crippen LogP contribution in [0.1, 0.15) is 24.5 Å². The average molecular weight is 473 g/mol. The number of benzene rings is 2. The molecular weight excluding hydrogens is 448 g/mol. The zero-order chi connectivity index (χ0) is 23.3. The summed E-state index contributed by atoms with van der Waals surface area (Å²) in [4.78, 5) is 27.9. The molecule has 3 aromatic rings. The van der Waals surface area contributed by atoms with Gasteiger partial charge in [0.15, 0.2) is 5.13 Å². The summed E-state index contributed by atoms with van der Waals surface area (Å²) in [6, 6.07) is 12.1. The highest BCUT2D eigenvalue weighted by molar-refractivity contribution is 7.89. The lowest BCUT2D eigenvalue weighted by atomic mass is 10.1. The Morgan fingerprint density at radius 2 is 1.72 bits per heavy atom. The molecule has 3 rings (SSSR count). The van der Waals surface area contributed by atoms with Gasteiger partial charge in [0.2, 0.25) is 21.8 Å². The van der Waals surface area contributed by atoms with Crippen LogP contribution in [-0.2, 0) is 19.6 Å². The van der Waals surface area contributed by atoms with E-state index in [0.717, 1.165) is 16.7 Å². The van der Waals surface area contributed by atoms with Gasteiger partial charge in [0.05, 0.1) is 10.6 Å². The van der Waals surface area contributed by atoms with E-state index in [2.05, 4.69) is 20.3 Å². The number of nitrogens with one attached hydrogen (secondary N) is 3. The van der Waals surface area contributed by atoms with Gasteiger partial charge in [-0.15, -0.1) is 11.3 Å². The van der Waals surface area contributed by atoms with Crippen molar-refractivity contribution in [1.29, 1.82) is 0 Å². The molecule has 0 atom stereocenters. The summed E-state index contributed by atoms with van der Waals surface area (Å²) in [6.07, 6.45) is -0.0234. The van der Waals surface area contributed by atoms with E-state index in [1.54, 1.807) is 30.3 Å². The molecule has 0 unspecified atom stereocenters. The van der Waals surface area contributed by atoms with Gasteiger partial charge in [-0.1, -0.05) is 18.2 Å². The number of amides is 2. The molecule has 0 saturated heterocycles. The summed E-state index contributed by atoms with van der Waals surface area (Å²) < 4.78 is 27.3. The Hall–Kier alpha value is -3.08. The Morgan fingerprint density at radius 3 is 2.38 bits per heavy atom. The zero-order valence-electron chi connectivity index (χ0n) is 17.9. The molecular formula is C22H24N4O4S2. The Bertz CT molecular complexity index is 1240. The fourth-order valence-corrected chi connectivity index (χ4v) is 4.69. The fourth-order valence-electron chi connectivity index (χ4n) is 2.84. The van der Waals surface area contributed by atoms with Gasteiger partial charge in [-0.3, -0.25) is 9.59 Å². The lowest BCUT2D eigenvalue weighted by Gasteiger charge is -2.08. The van der Waals surface area contributed by atoms with Gasteiger partial charge < -0.3 is 10.6 Å². The number of anilines is 2. The van der Waals surface area contributed by atoms with E-state index in [1.165, 1.54) is 18.3 Å². The molecule has 10 heteroatoms. The molecule has 0 aliphatic rings. The summed E-state index contributed by atoms with van der Waals surface area (Å²) in [6.45, 7) is 5.18. The predicted octanol–water partition coefficient (Wildman–Crippen LogP) is 3.69. The first-order valence-electron chi connectivity index (χ1n) is 9.84. The number of sulfonamides is 1. The van der Waals surface area contributed by atoms with E-state index in [-0.39, 0.29) is 29.7 Å². The SMILES string of the molecule is CC(=O)Nc1ccc(-c2csc(NC(=O)CCNS(=O)(=O)c3ccc(C)c(C)c3)n2)cc1. The van der Waals surface area contributed by atoms with Crippen molar-refractivity contribution in [3.05, 3.63) is 59.0 Å². The Morgan fingerprint density at radius 1 is 1.00 bits per heavy atom. The van der Waals surface area contributed by atoms with Gasteiger partial charge in [0, 0.05) is 36.5 Å². The maximum atomic E-state index is 12.4. The topological polar surface area (TPSA) is 117 Å². The minimum absolute atomic E-state index is 0.0234. The van der Waals surface area contributed by atoms with E-state index >= 15 is 0 Å². The van der Waals surface area contributed by atoms with E-state index in [1.807, 2.05) is 31.4 Å². The highest BCUT2D eigenvalue weighted by Gasteiger charge is 2.15. The first kappa shape index (κ1) is 23.6. The maximum Gasteiger partial charge on any atom is 0.240 e. The van der Waals surface area contributed by atoms with Crippen LogP contribution in [0.2, 0.25) is 0 Å². The largest absolute Gasteiger partial charge is 0.326 e. The van der Waals surface area contributed by atoms with Crippen molar-refractivity contribution >= 4 is 44.0 Å². The number of hydrogen-bond donors (Lipinski definition) is 3. The number of rotatable bonds is 8. The molecule has 168 valence electrons. The van der Waals surface area contributed by atoms with Crippen molar-refractivity contribution in [2.24, 2.45) is 0 Å². The molecule has 32 heavy (non-hydrogen) atoms. The molecule has 8 nitrogen and oxygen atoms in total. The third kappa shape index (κ3) is 6.22. The van der Waals surface area contributed by atoms with Crippen molar-refractivity contribution in [2.45, 2.75) is 32.1 Å². The molecule has 0 spiro atoms. The summed E-state index contributed by atoms with van der Waals surface area (Å²) in [5.41, 5.74) is 4.12. The molecule has 3 N–H and O–H groups in total. The summed E-state index contributed by atoms with van der Waals surface area (Å²) >= 11 is 1.27. The molecule has 2 aromatic carbocycles. The van der Waals surface area contributed by atoms with Crippen molar-refractivity contribution in [3.63, 3.8) is 0 Å². The number of aromatic nitrogens is 1. The van der Waals surface area contributed by atoms with Crippen LogP contribution in [0.5, 0.6) is 0 Å². The molecule has 0 radical (unpaired) electrons. The summed E-state index contributed by atoms with van der Waals surface area (Å²) in [7, 11) is -3.68. The highest BCUT2D eigenvalue weighted by Crippen LogP contribution is 2.26. The fraction of sp³-hybridized carbons (Fsp3) is 0.227. The smallest absolute Gasteiger partial charge is 0.240 e. The van der Waals surface area contributed by atoms with Crippen LogP contribution in [0.25, 0.3) is 11.3 Å². The molecule has 1 heterocycles. The second-order valence-corrected chi connectivity index (χ2v) is 9.86. The first-order valence-corrected chi connectivity index (χ1v) is 12.2. The second-order valence-electron chi connectivity index (χ2n) is 7.24. The van der Waals surface area contributed by atoms with E-state index in [9.17, 15) is 18.0 Å². The first-order chi connectivity index (χ1) is 15.1. The van der Waals surface area contributed by atoms with Crippen LogP contribution in [-0.4, -0.2) is 31.8 Å². The summed E-state index contributed by atoms with van der Waals surface area (Å²) in [5, 5.41) is 7.62. The van der Waals surface area contributed by atoms with Gasteiger partial charge in [-0.05, 0) is 49.2 Å². The molecule has 0 aliphatic carbocycles. The molecule has 2 amide bonds. The lowest BCUT2D eigenvalue weighted by Crippen LogP contribution is -2.28. The van der Waals surface area contributed by atoms with E-state index in [4.69, 9.17) is 0 Å². The molecule has 0 fully saturated rings. The van der Waals surface area contributed by atoms with Gasteiger partial charge >= 0.3 is 0 Å². The van der Waals surface area contributed by atoms with Crippen LogP contribution in [0.4, 0.5) is 10.8 Å². The molecule has 0 saturated carbocycles. The lowest BCUT2D eigenvalue weighted by molar-refractivity contribution is -0.116. The number of hydrogen-bond acceptors (Lipinski definition) is 6. The normalized spacial score (nSPS) is 11.2. The number of carbonyl (C=O) groups excluding carboxylic acids is 2. The van der Waals surface area contributed by atoms with Crippen LogP contribution in [0.15, 0.2) is 52.7 Å². The third-order valence-electron chi connectivity index (χ3n) is 4.68. The van der Waals surface area contributed by atoms with Gasteiger partial charge in [-0.2, -0.15) is 0 Å². The van der Waals surface area contributed by atoms with Crippen molar-refractivity contribution in [2.75, 3.05) is 17.2 Å². The summed E-state index contributed by atoms with van der Waals surface area (Å²) in [5.74, 6) is -0.484. The van der Waals surface area contributed by atoms with Gasteiger partial charge in [-0.25, -0.2) is 18.1 Å². The average Bonchev–Trinajstić information content (AvgIpc) is 3.18. The zero-order valence-corrected chi connectivity index (χ0v) is 19.6. The number of thiazole rings is 1. The van der Waals surface area contributed by atoms with Crippen molar-refractivity contribution < 1.29 is 18.0 Å². The number of carbonyl (C=O) groups is 2. The van der Waals surface area contributed by atoms with Gasteiger partial charge in [0.25, 0.3) is 0 Å². The number of nitrogens with zero attached hydrogens (tertiary/aromatic N) is 1. The monoisotopic (exact) mass is 472 g/mol. The standard InChI is InChI=1S/C22H24N4O4S2/c1-14-4-9-19(12-15(14)2)32(29,30)23-11-10-21(28)26-22-25-20(13-31-22)17-5-7-18(8-6-17)24-16(3)27/h4-9,12-13,23H,10-11H2,1-3H3,(H,24,27)(H,25,26,28). The van der Waals surface area contributed by atoms with Crippen LogP contribution in [0.3, 0.4) is 0 Å². The molecule has 0 bridgehead atoms. The Kier molecular flexibility index (Phi) is 7.39. The van der Waals surface area contributed by atoms with E-state index in [0.29, 0.717) is 16.5 Å². The Balaban J connectivity index is 1.53. The molecule has 1 aromatic heterocycles. The quantitative estimate of drug-likeness (QED) is 0.462. The van der Waals surface area contributed by atoms with Crippen LogP contribution in [0, 0.1) is 13.8 Å². The second kappa shape index (κ2) is 10.0. The van der Waals surface area contributed by atoms with Crippen molar-refractivity contribution in [1.82, 2.24) is 9.71 Å². The molecule has 0 aliphatic heterocycles. The van der Waals surface area contributed by atoms with Crippen molar-refractivity contribution in [3.8, 4) is 11.3 Å². The predicted molar refractivity (Wildman–Crippen MR) is 126 cm³/mol.